The van der Waals surface area contributed by atoms with Crippen LogP contribution >= 0.6 is 0 Å². The summed E-state index contributed by atoms with van der Waals surface area (Å²) in [5.41, 5.74) is 3.42. The van der Waals surface area contributed by atoms with Crippen LogP contribution in [0.2, 0.25) is 0 Å². The fourth-order valence-electron chi connectivity index (χ4n) is 8.24. The molecule has 2 aliphatic heterocycles. The minimum atomic E-state index is -0.653. The van der Waals surface area contributed by atoms with Crippen LogP contribution in [0, 0.1) is 35.5 Å². The van der Waals surface area contributed by atoms with Gasteiger partial charge < -0.3 is 20.1 Å². The van der Waals surface area contributed by atoms with Crippen LogP contribution in [0.5, 0.6) is 23.0 Å². The average Bonchev–Trinajstić information content (AvgIpc) is 3.49. The normalized spacial score (nSPS) is 26.2. The van der Waals surface area contributed by atoms with E-state index in [2.05, 4.69) is 0 Å². The molecule has 4 amide bonds. The molecule has 4 aliphatic rings. The summed E-state index contributed by atoms with van der Waals surface area (Å²) in [6, 6.07) is 18.3. The lowest BCUT2D eigenvalue weighted by Gasteiger charge is -2.42. The molecule has 1 saturated carbocycles. The van der Waals surface area contributed by atoms with Gasteiger partial charge in [0.25, 0.3) is 0 Å². The molecule has 3 N–H and O–H groups in total. The van der Waals surface area contributed by atoms with Crippen LogP contribution in [0.1, 0.15) is 29.5 Å². The molecule has 10 nitrogen and oxygen atoms in total. The van der Waals surface area contributed by atoms with Crippen LogP contribution in [-0.2, 0) is 32.0 Å². The molecule has 3 aromatic carbocycles. The average molecular weight is 663 g/mol. The highest BCUT2D eigenvalue weighted by Crippen LogP contribution is 2.55. The van der Waals surface area contributed by atoms with Crippen molar-refractivity contribution in [1.82, 2.24) is 9.80 Å². The Morgan fingerprint density at radius 1 is 0.714 bits per heavy atom. The number of nitrogens with zero attached hydrogens (tertiary/aromatic N) is 2. The molecule has 49 heavy (non-hydrogen) atoms. The lowest BCUT2D eigenvalue weighted by molar-refractivity contribution is -0.142. The van der Waals surface area contributed by atoms with Crippen molar-refractivity contribution >= 4 is 29.7 Å². The topological polar surface area (TPSA) is 145 Å². The summed E-state index contributed by atoms with van der Waals surface area (Å²) < 4.78 is 5.28. The van der Waals surface area contributed by atoms with Crippen LogP contribution in [0.3, 0.4) is 0 Å². The minimum absolute atomic E-state index is 0.00121. The zero-order valence-electron chi connectivity index (χ0n) is 27.1. The van der Waals surface area contributed by atoms with Gasteiger partial charge in [-0.15, -0.1) is 0 Å². The first-order chi connectivity index (χ1) is 23.6. The summed E-state index contributed by atoms with van der Waals surface area (Å²) >= 11 is 0. The van der Waals surface area contributed by atoms with Gasteiger partial charge in [0.1, 0.15) is 11.5 Å². The van der Waals surface area contributed by atoms with Crippen molar-refractivity contribution < 1.29 is 39.2 Å². The van der Waals surface area contributed by atoms with Gasteiger partial charge in [-0.3, -0.25) is 29.0 Å². The molecule has 2 saturated heterocycles. The predicted molar refractivity (Wildman–Crippen MR) is 179 cm³/mol. The number of hydrogen-bond donors (Lipinski definition) is 3. The number of aromatic hydroxyl groups is 3. The number of amides is 4. The lowest BCUT2D eigenvalue weighted by Crippen LogP contribution is -2.43. The van der Waals surface area contributed by atoms with Gasteiger partial charge in [-0.1, -0.05) is 54.1 Å². The second-order valence-electron chi connectivity index (χ2n) is 13.4. The molecule has 3 fully saturated rings. The van der Waals surface area contributed by atoms with Crippen molar-refractivity contribution in [2.24, 2.45) is 35.5 Å². The van der Waals surface area contributed by atoms with E-state index >= 15 is 0 Å². The number of carbonyl (C=O) groups excluding carboxylic acids is 4. The molecule has 252 valence electrons. The van der Waals surface area contributed by atoms with E-state index in [4.69, 9.17) is 4.74 Å². The van der Waals surface area contributed by atoms with Gasteiger partial charge in [0, 0.05) is 19.0 Å². The minimum Gasteiger partial charge on any atom is -0.508 e. The number of rotatable bonds is 9. The summed E-state index contributed by atoms with van der Waals surface area (Å²) in [6.07, 6.45) is 7.35. The number of methoxy groups -OCH3 is 1. The molecule has 7 rings (SSSR count). The van der Waals surface area contributed by atoms with Crippen LogP contribution in [0.15, 0.2) is 84.5 Å². The number of allylic oxidation sites excluding steroid dienone is 3. The highest BCUT2D eigenvalue weighted by Gasteiger charge is 2.61. The van der Waals surface area contributed by atoms with Gasteiger partial charge in [0.05, 0.1) is 30.8 Å². The van der Waals surface area contributed by atoms with Crippen LogP contribution in [-0.4, -0.2) is 68.9 Å². The maximum atomic E-state index is 14.1. The summed E-state index contributed by atoms with van der Waals surface area (Å²) in [5.74, 6) is -3.69. The van der Waals surface area contributed by atoms with Crippen molar-refractivity contribution in [3.63, 3.8) is 0 Å². The van der Waals surface area contributed by atoms with Gasteiger partial charge in [-0.25, -0.2) is 0 Å². The third-order valence-electron chi connectivity index (χ3n) is 10.7. The largest absolute Gasteiger partial charge is 0.508 e. The van der Waals surface area contributed by atoms with Crippen molar-refractivity contribution in [3.05, 3.63) is 101 Å². The maximum absolute atomic E-state index is 14.1. The fraction of sp³-hybridized carbons (Fsp3) is 0.333. The molecule has 0 spiro atoms. The smallest absolute Gasteiger partial charge is 0.234 e. The molecule has 0 bridgehead atoms. The second-order valence-corrected chi connectivity index (χ2v) is 13.4. The van der Waals surface area contributed by atoms with Crippen molar-refractivity contribution in [2.75, 3.05) is 20.2 Å². The Morgan fingerprint density at radius 3 is 1.88 bits per heavy atom. The molecule has 6 unspecified atom stereocenters. The zero-order chi connectivity index (χ0) is 34.4. The van der Waals surface area contributed by atoms with Gasteiger partial charge in [0.2, 0.25) is 23.6 Å². The van der Waals surface area contributed by atoms with E-state index in [1.54, 1.807) is 60.7 Å². The summed E-state index contributed by atoms with van der Waals surface area (Å²) in [7, 11) is 1.46. The van der Waals surface area contributed by atoms with Gasteiger partial charge in [0.15, 0.2) is 11.5 Å². The third kappa shape index (κ3) is 5.85. The van der Waals surface area contributed by atoms with E-state index in [9.17, 15) is 34.5 Å². The monoisotopic (exact) mass is 662 g/mol. The molecule has 2 heterocycles. The molecule has 10 heteroatoms. The Balaban J connectivity index is 1.19. The van der Waals surface area contributed by atoms with E-state index < -0.39 is 29.6 Å². The molecule has 2 aliphatic carbocycles. The predicted octanol–water partition coefficient (Wildman–Crippen LogP) is 4.48. The number of phenolic OH excluding ortho intramolecular Hbond substituents is 3. The number of hydrogen-bond acceptors (Lipinski definition) is 8. The van der Waals surface area contributed by atoms with Gasteiger partial charge >= 0.3 is 0 Å². The highest BCUT2D eigenvalue weighted by molar-refractivity contribution is 6.07. The highest BCUT2D eigenvalue weighted by atomic mass is 16.5. The fourth-order valence-corrected chi connectivity index (χ4v) is 8.24. The van der Waals surface area contributed by atoms with Crippen LogP contribution in [0.25, 0.3) is 6.08 Å². The zero-order valence-corrected chi connectivity index (χ0v) is 27.1. The SMILES string of the molecule is COc1cc(C=CC2C3=CCC4C(=O)N(CCc5ccc(O)cc5)C(=O)C4C3CC3C(=O)N(CCc4ccc(O)cc4)C(=O)C23)ccc1O. The Bertz CT molecular complexity index is 1860. The second kappa shape index (κ2) is 12.9. The van der Waals surface area contributed by atoms with E-state index in [0.717, 1.165) is 22.3 Å². The quantitative estimate of drug-likeness (QED) is 0.225. The number of likely N-dealkylation sites (tertiary alicyclic amines) is 2. The number of benzene rings is 3. The Morgan fingerprint density at radius 2 is 1.29 bits per heavy atom. The van der Waals surface area contributed by atoms with E-state index in [0.29, 0.717) is 31.4 Å². The summed E-state index contributed by atoms with van der Waals surface area (Å²) in [5, 5.41) is 29.4. The number of phenols is 3. The first-order valence-corrected chi connectivity index (χ1v) is 16.7. The number of carbonyl (C=O) groups is 4. The first kappa shape index (κ1) is 32.2. The third-order valence-corrected chi connectivity index (χ3v) is 10.7. The molecular formula is C39H38N2O8. The van der Waals surface area contributed by atoms with Gasteiger partial charge in [-0.05, 0) is 84.7 Å². The van der Waals surface area contributed by atoms with Crippen LogP contribution < -0.4 is 4.74 Å². The van der Waals surface area contributed by atoms with Gasteiger partial charge in [-0.2, -0.15) is 0 Å². The van der Waals surface area contributed by atoms with Crippen LogP contribution in [0.4, 0.5) is 0 Å². The maximum Gasteiger partial charge on any atom is 0.234 e. The molecule has 3 aromatic rings. The van der Waals surface area contributed by atoms with E-state index in [1.807, 2.05) is 18.2 Å². The number of imide groups is 2. The molecule has 6 atom stereocenters. The van der Waals surface area contributed by atoms with Crippen molar-refractivity contribution in [1.29, 1.82) is 0 Å². The van der Waals surface area contributed by atoms with E-state index in [1.165, 1.54) is 23.0 Å². The molecular weight excluding hydrogens is 624 g/mol. The Kier molecular flexibility index (Phi) is 8.48. The number of fused-ring (bicyclic) bond motifs is 4. The van der Waals surface area contributed by atoms with E-state index in [-0.39, 0.29) is 59.9 Å². The molecule has 0 aromatic heterocycles. The van der Waals surface area contributed by atoms with Crippen molar-refractivity contribution in [2.45, 2.75) is 25.7 Å². The van der Waals surface area contributed by atoms with Crippen molar-refractivity contribution in [3.8, 4) is 23.0 Å². The lowest BCUT2D eigenvalue weighted by atomic mass is 9.58. The number of ether oxygens (including phenoxy) is 1. The summed E-state index contributed by atoms with van der Waals surface area (Å²) in [6.45, 7) is 0.414. The standard InChI is InChI=1S/C39H38N2O8/c1-49-33-20-24(7-15-32(33)44)6-12-28-27-13-14-29-35(39(48)40(36(29)45)18-16-22-2-8-25(42)9-3-22)30(27)21-31-34(28)38(47)41(37(31)46)19-17-23-4-10-26(43)11-5-23/h2-13,15,20,28-31,34-35,42-44H,14,16-19,21H2,1H3. The Labute approximate surface area is 283 Å². The first-order valence-electron chi connectivity index (χ1n) is 16.7. The summed E-state index contributed by atoms with van der Waals surface area (Å²) in [4.78, 5) is 58.5. The molecule has 0 radical (unpaired) electrons. The Hall–Kier alpha value is -5.38.